The van der Waals surface area contributed by atoms with Gasteiger partial charge in [-0.25, -0.2) is 14.4 Å². The number of rotatable bonds is 7. The summed E-state index contributed by atoms with van der Waals surface area (Å²) in [5.74, 6) is 1.10. The first-order valence-electron chi connectivity index (χ1n) is 8.81. The number of hydrogen-bond donors (Lipinski definition) is 1. The first-order chi connectivity index (χ1) is 13.0. The quantitative estimate of drug-likeness (QED) is 0.585. The Kier molecular flexibility index (Phi) is 6.37. The summed E-state index contributed by atoms with van der Waals surface area (Å²) in [6, 6.07) is 11.9. The van der Waals surface area contributed by atoms with Crippen LogP contribution in [-0.4, -0.2) is 42.1 Å². The molecule has 0 unspecified atom stereocenters. The Balaban J connectivity index is 1.86. The third kappa shape index (κ3) is 5.49. The molecule has 0 aliphatic rings. The molecule has 0 bridgehead atoms. The van der Waals surface area contributed by atoms with E-state index in [0.29, 0.717) is 10.8 Å². The van der Waals surface area contributed by atoms with Crippen LogP contribution >= 0.6 is 11.6 Å². The van der Waals surface area contributed by atoms with Crippen LogP contribution in [0.2, 0.25) is 5.02 Å². The van der Waals surface area contributed by atoms with Crippen molar-refractivity contribution in [2.24, 2.45) is 0 Å². The number of benzene rings is 2. The van der Waals surface area contributed by atoms with Gasteiger partial charge in [0.25, 0.3) is 0 Å². The highest BCUT2D eigenvalue weighted by atomic mass is 35.5. The van der Waals surface area contributed by atoms with E-state index in [1.54, 1.807) is 12.1 Å². The lowest BCUT2D eigenvalue weighted by Crippen LogP contribution is -2.17. The van der Waals surface area contributed by atoms with Gasteiger partial charge in [-0.3, -0.25) is 0 Å². The average molecular weight is 385 g/mol. The molecule has 1 heterocycles. The van der Waals surface area contributed by atoms with Crippen LogP contribution in [0.1, 0.15) is 17.8 Å². The maximum atomic E-state index is 13.0. The van der Waals surface area contributed by atoms with Crippen LogP contribution < -0.4 is 5.32 Å². The molecule has 6 heteroatoms. The Morgan fingerprint density at radius 3 is 2.59 bits per heavy atom. The molecular weight excluding hydrogens is 363 g/mol. The zero-order valence-electron chi connectivity index (χ0n) is 15.4. The predicted octanol–water partition coefficient (Wildman–Crippen LogP) is 4.96. The van der Waals surface area contributed by atoms with Crippen LogP contribution in [0.3, 0.4) is 0 Å². The van der Waals surface area contributed by atoms with E-state index in [9.17, 15) is 4.39 Å². The van der Waals surface area contributed by atoms with Gasteiger partial charge in [0.1, 0.15) is 11.6 Å². The number of anilines is 1. The Morgan fingerprint density at radius 2 is 1.85 bits per heavy atom. The molecule has 0 aliphatic carbocycles. The van der Waals surface area contributed by atoms with Gasteiger partial charge in [-0.2, -0.15) is 0 Å². The first-order valence-corrected chi connectivity index (χ1v) is 9.18. The molecule has 0 atom stereocenters. The number of halogens is 2. The molecule has 0 saturated heterocycles. The summed E-state index contributed by atoms with van der Waals surface area (Å²) in [4.78, 5) is 11.4. The summed E-state index contributed by atoms with van der Waals surface area (Å²) >= 11 is 6.15. The number of aromatic nitrogens is 2. The Labute approximate surface area is 163 Å². The highest BCUT2D eigenvalue weighted by Gasteiger charge is 2.07. The molecule has 0 radical (unpaired) electrons. The highest BCUT2D eigenvalue weighted by Crippen LogP contribution is 2.24. The summed E-state index contributed by atoms with van der Waals surface area (Å²) in [7, 11) is 4.11. The topological polar surface area (TPSA) is 41.0 Å². The molecule has 0 saturated carbocycles. The SMILES string of the molecule is CN(C)CCCNc1nc(C=Cc2ccc(F)cc2)nc2ccc(Cl)cc12. The zero-order valence-corrected chi connectivity index (χ0v) is 16.2. The van der Waals surface area contributed by atoms with Gasteiger partial charge in [0.05, 0.1) is 5.52 Å². The van der Waals surface area contributed by atoms with Gasteiger partial charge in [0.2, 0.25) is 0 Å². The maximum Gasteiger partial charge on any atom is 0.154 e. The lowest BCUT2D eigenvalue weighted by atomic mass is 10.2. The molecule has 27 heavy (non-hydrogen) atoms. The third-order valence-corrected chi connectivity index (χ3v) is 4.28. The largest absolute Gasteiger partial charge is 0.369 e. The molecular formula is C21H22ClFN4. The second-order valence-corrected chi connectivity index (χ2v) is 7.00. The van der Waals surface area contributed by atoms with E-state index in [1.165, 1.54) is 12.1 Å². The van der Waals surface area contributed by atoms with Crippen molar-refractivity contribution in [3.05, 3.63) is 64.7 Å². The Hall–Kier alpha value is -2.50. The van der Waals surface area contributed by atoms with E-state index in [-0.39, 0.29) is 5.82 Å². The van der Waals surface area contributed by atoms with Crippen molar-refractivity contribution in [2.75, 3.05) is 32.5 Å². The van der Waals surface area contributed by atoms with Gasteiger partial charge in [-0.05, 0) is 69.0 Å². The molecule has 0 fully saturated rings. The van der Waals surface area contributed by atoms with Gasteiger partial charge in [0, 0.05) is 17.0 Å². The standard InChI is InChI=1S/C21H22ClFN4/c1-27(2)13-3-12-24-21-18-14-16(22)7-10-19(18)25-20(26-21)11-6-15-4-8-17(23)9-5-15/h4-11,14H,3,12-13H2,1-2H3,(H,24,25,26). The highest BCUT2D eigenvalue weighted by molar-refractivity contribution is 6.31. The summed E-state index contributed by atoms with van der Waals surface area (Å²) in [6.45, 7) is 1.80. The van der Waals surface area contributed by atoms with Crippen molar-refractivity contribution in [2.45, 2.75) is 6.42 Å². The van der Waals surface area contributed by atoms with E-state index < -0.39 is 0 Å². The lowest BCUT2D eigenvalue weighted by molar-refractivity contribution is 0.405. The van der Waals surface area contributed by atoms with Gasteiger partial charge >= 0.3 is 0 Å². The fraction of sp³-hybridized carbons (Fsp3) is 0.238. The van der Waals surface area contributed by atoms with Crippen LogP contribution in [0.25, 0.3) is 23.1 Å². The van der Waals surface area contributed by atoms with Crippen molar-refractivity contribution < 1.29 is 4.39 Å². The number of fused-ring (bicyclic) bond motifs is 1. The molecule has 0 spiro atoms. The van der Waals surface area contributed by atoms with Crippen LogP contribution in [0.4, 0.5) is 10.2 Å². The number of hydrogen-bond acceptors (Lipinski definition) is 4. The van der Waals surface area contributed by atoms with Crippen molar-refractivity contribution >= 4 is 40.5 Å². The molecule has 140 valence electrons. The Bertz CT molecular complexity index is 939. The lowest BCUT2D eigenvalue weighted by Gasteiger charge is -2.12. The molecule has 2 aromatic carbocycles. The summed E-state index contributed by atoms with van der Waals surface area (Å²) in [6.07, 6.45) is 4.69. The van der Waals surface area contributed by atoms with Gasteiger partial charge in [-0.15, -0.1) is 0 Å². The van der Waals surface area contributed by atoms with Gasteiger partial charge < -0.3 is 10.2 Å². The molecule has 1 aromatic heterocycles. The van der Waals surface area contributed by atoms with E-state index in [4.69, 9.17) is 11.6 Å². The molecule has 4 nitrogen and oxygen atoms in total. The fourth-order valence-corrected chi connectivity index (χ4v) is 2.85. The third-order valence-electron chi connectivity index (χ3n) is 4.04. The monoisotopic (exact) mass is 384 g/mol. The molecule has 0 aliphatic heterocycles. The summed E-state index contributed by atoms with van der Waals surface area (Å²) in [5.41, 5.74) is 1.71. The van der Waals surface area contributed by atoms with Crippen LogP contribution in [0, 0.1) is 5.82 Å². The predicted molar refractivity (Wildman–Crippen MR) is 112 cm³/mol. The molecule has 3 aromatic rings. The van der Waals surface area contributed by atoms with Crippen LogP contribution in [-0.2, 0) is 0 Å². The zero-order chi connectivity index (χ0) is 19.2. The molecule has 1 N–H and O–H groups in total. The normalized spacial score (nSPS) is 11.6. The summed E-state index contributed by atoms with van der Waals surface area (Å²) in [5, 5.41) is 4.94. The minimum absolute atomic E-state index is 0.254. The van der Waals surface area contributed by atoms with Crippen molar-refractivity contribution in [3.8, 4) is 0 Å². The smallest absolute Gasteiger partial charge is 0.154 e. The second-order valence-electron chi connectivity index (χ2n) is 6.56. The number of nitrogens with zero attached hydrogens (tertiary/aromatic N) is 3. The van der Waals surface area contributed by atoms with E-state index in [1.807, 2.05) is 30.4 Å². The van der Waals surface area contributed by atoms with Gasteiger partial charge in [0.15, 0.2) is 5.82 Å². The van der Waals surface area contributed by atoms with Crippen molar-refractivity contribution in [3.63, 3.8) is 0 Å². The molecule has 0 amide bonds. The first kappa shape index (κ1) is 19.3. The minimum atomic E-state index is -0.254. The average Bonchev–Trinajstić information content (AvgIpc) is 2.65. The fourth-order valence-electron chi connectivity index (χ4n) is 2.67. The van der Waals surface area contributed by atoms with E-state index in [0.717, 1.165) is 41.8 Å². The van der Waals surface area contributed by atoms with E-state index >= 15 is 0 Å². The van der Waals surface area contributed by atoms with Crippen molar-refractivity contribution in [1.82, 2.24) is 14.9 Å². The second kappa shape index (κ2) is 8.93. The minimum Gasteiger partial charge on any atom is -0.369 e. The van der Waals surface area contributed by atoms with Crippen LogP contribution in [0.15, 0.2) is 42.5 Å². The van der Waals surface area contributed by atoms with Gasteiger partial charge in [-0.1, -0.05) is 29.8 Å². The van der Waals surface area contributed by atoms with Crippen molar-refractivity contribution in [1.29, 1.82) is 0 Å². The summed E-state index contributed by atoms with van der Waals surface area (Å²) < 4.78 is 13.0. The Morgan fingerprint density at radius 1 is 1.07 bits per heavy atom. The molecule has 3 rings (SSSR count). The number of nitrogens with one attached hydrogen (secondary N) is 1. The van der Waals surface area contributed by atoms with E-state index in [2.05, 4.69) is 34.3 Å². The van der Waals surface area contributed by atoms with Crippen LogP contribution in [0.5, 0.6) is 0 Å². The maximum absolute atomic E-state index is 13.0.